The molecule has 1 rings (SSSR count). The highest BCUT2D eigenvalue weighted by Crippen LogP contribution is 2.17. The monoisotopic (exact) mass is 382 g/mol. The summed E-state index contributed by atoms with van der Waals surface area (Å²) in [5, 5.41) is 3.20. The van der Waals surface area contributed by atoms with Crippen molar-refractivity contribution in [2.45, 2.75) is 46.6 Å². The van der Waals surface area contributed by atoms with Crippen LogP contribution in [0.1, 0.15) is 41.0 Å². The second kappa shape index (κ2) is 8.29. The number of rotatable bonds is 4. The van der Waals surface area contributed by atoms with E-state index in [-0.39, 0.29) is 29.5 Å². The predicted molar refractivity (Wildman–Crippen MR) is 94.2 cm³/mol. The molecule has 3 N–H and O–H groups in total. The van der Waals surface area contributed by atoms with Crippen molar-refractivity contribution in [1.82, 2.24) is 10.2 Å². The Hall–Kier alpha value is -0.0400. The smallest absolute Gasteiger partial charge is 0.188 e. The fourth-order valence-corrected chi connectivity index (χ4v) is 2.40. The van der Waals surface area contributed by atoms with E-state index < -0.39 is 0 Å². The highest BCUT2D eigenvalue weighted by molar-refractivity contribution is 14.0. The molecule has 1 unspecified atom stereocenters. The van der Waals surface area contributed by atoms with Crippen LogP contribution < -0.4 is 11.1 Å². The number of nitrogens with zero attached hydrogens (tertiary/aromatic N) is 2. The largest absolute Gasteiger partial charge is 0.370 e. The Balaban J connectivity index is 0.00000324. The van der Waals surface area contributed by atoms with Gasteiger partial charge >= 0.3 is 0 Å². The Bertz CT molecular complexity index is 284. The molecule has 0 aromatic carbocycles. The van der Waals surface area contributed by atoms with E-state index in [4.69, 9.17) is 5.73 Å². The van der Waals surface area contributed by atoms with Crippen LogP contribution in [0.3, 0.4) is 0 Å². The number of likely N-dealkylation sites (tertiary alicyclic amines) is 1. The molecule has 5 heteroatoms. The molecule has 1 fully saturated rings. The first-order chi connectivity index (χ1) is 8.26. The van der Waals surface area contributed by atoms with Gasteiger partial charge in [0.15, 0.2) is 5.96 Å². The maximum atomic E-state index is 5.88. The van der Waals surface area contributed by atoms with Crippen LogP contribution in [0, 0.1) is 11.8 Å². The highest BCUT2D eigenvalue weighted by atomic mass is 127. The van der Waals surface area contributed by atoms with Gasteiger partial charge in [-0.25, -0.2) is 0 Å². The molecule has 1 heterocycles. The SMILES string of the molecule is CC(C)CN1CCC(CN=C(N)NC(C)(C)C)C1.I. The molecule has 1 atom stereocenters. The zero-order chi connectivity index (χ0) is 13.8. The second-order valence-corrected chi connectivity index (χ2v) is 6.91. The van der Waals surface area contributed by atoms with Gasteiger partial charge in [-0.05, 0) is 45.6 Å². The third-order valence-electron chi connectivity index (χ3n) is 3.02. The normalized spacial score (nSPS) is 21.6. The Morgan fingerprint density at radius 3 is 2.58 bits per heavy atom. The van der Waals surface area contributed by atoms with Gasteiger partial charge in [0.05, 0.1) is 0 Å². The van der Waals surface area contributed by atoms with E-state index in [2.05, 4.69) is 49.8 Å². The summed E-state index contributed by atoms with van der Waals surface area (Å²) < 4.78 is 0. The average molecular weight is 382 g/mol. The molecule has 1 aliphatic rings. The van der Waals surface area contributed by atoms with Gasteiger partial charge in [-0.15, -0.1) is 24.0 Å². The molecule has 1 saturated heterocycles. The Morgan fingerprint density at radius 1 is 1.42 bits per heavy atom. The lowest BCUT2D eigenvalue weighted by Crippen LogP contribution is -2.45. The molecule has 19 heavy (non-hydrogen) atoms. The van der Waals surface area contributed by atoms with Crippen molar-refractivity contribution < 1.29 is 0 Å². The Kier molecular flexibility index (Phi) is 8.27. The van der Waals surface area contributed by atoms with Gasteiger partial charge in [-0.1, -0.05) is 13.8 Å². The standard InChI is InChI=1S/C14H30N4.HI/c1-11(2)9-18-7-6-12(10-18)8-16-13(15)17-14(3,4)5;/h11-12H,6-10H2,1-5H3,(H3,15,16,17);1H. The van der Waals surface area contributed by atoms with Crippen molar-refractivity contribution in [3.05, 3.63) is 0 Å². The number of guanidine groups is 1. The van der Waals surface area contributed by atoms with E-state index in [0.717, 1.165) is 12.5 Å². The Morgan fingerprint density at radius 2 is 2.05 bits per heavy atom. The van der Waals surface area contributed by atoms with Crippen molar-refractivity contribution in [2.75, 3.05) is 26.2 Å². The summed E-state index contributed by atoms with van der Waals surface area (Å²) in [5.74, 6) is 1.99. The van der Waals surface area contributed by atoms with Crippen LogP contribution in [0.5, 0.6) is 0 Å². The van der Waals surface area contributed by atoms with Gasteiger partial charge in [-0.2, -0.15) is 0 Å². The number of nitrogens with two attached hydrogens (primary N) is 1. The molecule has 0 aromatic rings. The first-order valence-electron chi connectivity index (χ1n) is 7.06. The number of aliphatic imine (C=N–C) groups is 1. The quantitative estimate of drug-likeness (QED) is 0.446. The lowest BCUT2D eigenvalue weighted by atomic mass is 10.1. The van der Waals surface area contributed by atoms with Gasteiger partial charge in [0.2, 0.25) is 0 Å². The van der Waals surface area contributed by atoms with Gasteiger partial charge in [0.1, 0.15) is 0 Å². The zero-order valence-electron chi connectivity index (χ0n) is 13.1. The maximum Gasteiger partial charge on any atom is 0.188 e. The summed E-state index contributed by atoms with van der Waals surface area (Å²) in [5.41, 5.74) is 5.87. The summed E-state index contributed by atoms with van der Waals surface area (Å²) in [6.07, 6.45) is 1.25. The number of hydrogen-bond donors (Lipinski definition) is 2. The minimum absolute atomic E-state index is 0. The lowest BCUT2D eigenvalue weighted by molar-refractivity contribution is 0.288. The minimum atomic E-state index is -0.00701. The van der Waals surface area contributed by atoms with E-state index in [9.17, 15) is 0 Å². The van der Waals surface area contributed by atoms with Gasteiger partial charge < -0.3 is 16.0 Å². The molecule has 0 radical (unpaired) electrons. The molecule has 0 amide bonds. The van der Waals surface area contributed by atoms with Crippen molar-refractivity contribution in [3.8, 4) is 0 Å². The van der Waals surface area contributed by atoms with Crippen LogP contribution in [0.4, 0.5) is 0 Å². The number of hydrogen-bond acceptors (Lipinski definition) is 2. The third kappa shape index (κ3) is 8.68. The molecule has 0 aromatic heterocycles. The van der Waals surface area contributed by atoms with Crippen LogP contribution in [0.15, 0.2) is 4.99 Å². The Labute approximate surface area is 135 Å². The molecule has 114 valence electrons. The highest BCUT2D eigenvalue weighted by Gasteiger charge is 2.22. The van der Waals surface area contributed by atoms with Gasteiger partial charge in [0.25, 0.3) is 0 Å². The summed E-state index contributed by atoms with van der Waals surface area (Å²) >= 11 is 0. The summed E-state index contributed by atoms with van der Waals surface area (Å²) in [6, 6.07) is 0. The van der Waals surface area contributed by atoms with Crippen molar-refractivity contribution in [3.63, 3.8) is 0 Å². The predicted octanol–water partition coefficient (Wildman–Crippen LogP) is 2.29. The molecule has 1 aliphatic heterocycles. The maximum absolute atomic E-state index is 5.88. The molecular formula is C14H31IN4. The molecule has 0 saturated carbocycles. The van der Waals surface area contributed by atoms with E-state index >= 15 is 0 Å². The molecular weight excluding hydrogens is 351 g/mol. The fraction of sp³-hybridized carbons (Fsp3) is 0.929. The van der Waals surface area contributed by atoms with E-state index in [0.29, 0.717) is 11.9 Å². The van der Waals surface area contributed by atoms with Crippen LogP contribution in [-0.4, -0.2) is 42.6 Å². The molecule has 4 nitrogen and oxygen atoms in total. The number of nitrogens with one attached hydrogen (secondary N) is 1. The lowest BCUT2D eigenvalue weighted by Gasteiger charge is -2.21. The van der Waals surface area contributed by atoms with Crippen LogP contribution >= 0.6 is 24.0 Å². The summed E-state index contributed by atoms with van der Waals surface area (Å²) in [6.45, 7) is 15.3. The molecule has 0 aliphatic carbocycles. The first-order valence-corrected chi connectivity index (χ1v) is 7.06. The second-order valence-electron chi connectivity index (χ2n) is 6.91. The molecule has 0 spiro atoms. The van der Waals surface area contributed by atoms with Gasteiger partial charge in [-0.3, -0.25) is 4.99 Å². The summed E-state index contributed by atoms with van der Waals surface area (Å²) in [7, 11) is 0. The van der Waals surface area contributed by atoms with E-state index in [1.165, 1.54) is 26.1 Å². The van der Waals surface area contributed by atoms with E-state index in [1.807, 2.05) is 0 Å². The van der Waals surface area contributed by atoms with E-state index in [1.54, 1.807) is 0 Å². The number of halogens is 1. The zero-order valence-corrected chi connectivity index (χ0v) is 15.4. The minimum Gasteiger partial charge on any atom is -0.370 e. The van der Waals surface area contributed by atoms with Crippen LogP contribution in [0.2, 0.25) is 0 Å². The van der Waals surface area contributed by atoms with Crippen molar-refractivity contribution in [1.29, 1.82) is 0 Å². The molecule has 0 bridgehead atoms. The topological polar surface area (TPSA) is 53.6 Å². The first kappa shape index (κ1) is 19.0. The average Bonchev–Trinajstić information content (AvgIpc) is 2.59. The third-order valence-corrected chi connectivity index (χ3v) is 3.02. The van der Waals surface area contributed by atoms with Crippen LogP contribution in [0.25, 0.3) is 0 Å². The fourth-order valence-electron chi connectivity index (χ4n) is 2.40. The van der Waals surface area contributed by atoms with Gasteiger partial charge in [0, 0.05) is 25.2 Å². The summed E-state index contributed by atoms with van der Waals surface area (Å²) in [4.78, 5) is 7.00. The van der Waals surface area contributed by atoms with Crippen molar-refractivity contribution in [2.24, 2.45) is 22.6 Å². The van der Waals surface area contributed by atoms with Crippen molar-refractivity contribution >= 4 is 29.9 Å². The van der Waals surface area contributed by atoms with Crippen LogP contribution in [-0.2, 0) is 0 Å².